The van der Waals surface area contributed by atoms with Gasteiger partial charge >= 0.3 is 0 Å². The predicted molar refractivity (Wildman–Crippen MR) is 76.9 cm³/mol. The van der Waals surface area contributed by atoms with Crippen LogP contribution in [0.15, 0.2) is 24.3 Å². The number of phenolic OH excluding ortho intramolecular Hbond substituents is 1. The van der Waals surface area contributed by atoms with Crippen LogP contribution in [0, 0.1) is 0 Å². The van der Waals surface area contributed by atoms with Crippen LogP contribution in [0.25, 0.3) is 0 Å². The summed E-state index contributed by atoms with van der Waals surface area (Å²) in [4.78, 5) is 11.1. The van der Waals surface area contributed by atoms with E-state index in [1.807, 2.05) is 26.0 Å². The van der Waals surface area contributed by atoms with Crippen molar-refractivity contribution in [1.82, 2.24) is 10.6 Å². The molecular weight excluding hydrogens is 240 g/mol. The summed E-state index contributed by atoms with van der Waals surface area (Å²) in [6.45, 7) is 8.43. The van der Waals surface area contributed by atoms with E-state index in [2.05, 4.69) is 17.6 Å². The van der Waals surface area contributed by atoms with Crippen molar-refractivity contribution in [3.63, 3.8) is 0 Å². The monoisotopic (exact) mass is 264 g/mol. The molecule has 106 valence electrons. The van der Waals surface area contributed by atoms with E-state index in [4.69, 9.17) is 0 Å². The van der Waals surface area contributed by atoms with Crippen molar-refractivity contribution in [3.8, 4) is 5.75 Å². The Kier molecular flexibility index (Phi) is 5.36. The molecular formula is C15H24N2O2. The number of nitrogens with one attached hydrogen (secondary N) is 2. The number of phenols is 1. The van der Waals surface area contributed by atoms with Crippen LogP contribution in [0.5, 0.6) is 5.75 Å². The third kappa shape index (κ3) is 6.25. The molecule has 1 atom stereocenters. The number of amides is 1. The van der Waals surface area contributed by atoms with Crippen LogP contribution in [-0.2, 0) is 11.3 Å². The summed E-state index contributed by atoms with van der Waals surface area (Å²) in [5.74, 6) is 0.277. The molecule has 0 spiro atoms. The first-order valence-electron chi connectivity index (χ1n) is 6.58. The average Bonchev–Trinajstić information content (AvgIpc) is 2.25. The van der Waals surface area contributed by atoms with E-state index < -0.39 is 0 Å². The molecule has 0 aromatic heterocycles. The Hall–Kier alpha value is -1.55. The summed E-state index contributed by atoms with van der Waals surface area (Å²) >= 11 is 0. The third-order valence-corrected chi connectivity index (χ3v) is 2.92. The van der Waals surface area contributed by atoms with Gasteiger partial charge < -0.3 is 15.7 Å². The molecule has 1 aromatic rings. The van der Waals surface area contributed by atoms with Gasteiger partial charge in [0, 0.05) is 25.0 Å². The highest BCUT2D eigenvalue weighted by molar-refractivity contribution is 5.73. The van der Waals surface area contributed by atoms with Crippen molar-refractivity contribution in [1.29, 1.82) is 0 Å². The van der Waals surface area contributed by atoms with E-state index in [-0.39, 0.29) is 23.2 Å². The van der Waals surface area contributed by atoms with Gasteiger partial charge in [-0.1, -0.05) is 12.1 Å². The Bertz CT molecular complexity index is 413. The van der Waals surface area contributed by atoms with Gasteiger partial charge in [-0.2, -0.15) is 0 Å². The molecule has 0 radical (unpaired) electrons. The number of hydrogen-bond acceptors (Lipinski definition) is 3. The lowest BCUT2D eigenvalue weighted by molar-refractivity contribution is -0.120. The van der Waals surface area contributed by atoms with Gasteiger partial charge in [0.05, 0.1) is 0 Å². The van der Waals surface area contributed by atoms with Gasteiger partial charge in [0.1, 0.15) is 5.75 Å². The summed E-state index contributed by atoms with van der Waals surface area (Å²) in [6.07, 6.45) is 0.852. The fourth-order valence-electron chi connectivity index (χ4n) is 2.27. The van der Waals surface area contributed by atoms with Crippen molar-refractivity contribution >= 4 is 5.91 Å². The first-order valence-corrected chi connectivity index (χ1v) is 6.58. The number of carbonyl (C=O) groups excluding carboxylic acids is 1. The van der Waals surface area contributed by atoms with Crippen molar-refractivity contribution in [3.05, 3.63) is 29.8 Å². The molecule has 0 saturated carbocycles. The lowest BCUT2D eigenvalue weighted by atomic mass is 9.95. The third-order valence-electron chi connectivity index (χ3n) is 2.92. The van der Waals surface area contributed by atoms with Crippen molar-refractivity contribution in [2.45, 2.75) is 52.2 Å². The summed E-state index contributed by atoms with van der Waals surface area (Å²) in [6, 6.07) is 7.45. The van der Waals surface area contributed by atoms with Crippen LogP contribution in [0.3, 0.4) is 0 Å². The number of benzene rings is 1. The summed E-state index contributed by atoms with van der Waals surface area (Å²) < 4.78 is 0. The zero-order chi connectivity index (χ0) is 14.5. The Labute approximate surface area is 115 Å². The van der Waals surface area contributed by atoms with Crippen LogP contribution in [-0.4, -0.2) is 22.6 Å². The Morgan fingerprint density at radius 1 is 1.32 bits per heavy atom. The van der Waals surface area contributed by atoms with Crippen molar-refractivity contribution < 1.29 is 9.90 Å². The van der Waals surface area contributed by atoms with Crippen molar-refractivity contribution in [2.75, 3.05) is 0 Å². The molecule has 0 bridgehead atoms. The molecule has 0 heterocycles. The molecule has 0 aliphatic heterocycles. The first-order chi connectivity index (χ1) is 8.78. The van der Waals surface area contributed by atoms with Gasteiger partial charge in [-0.3, -0.25) is 4.79 Å². The molecule has 1 aromatic carbocycles. The van der Waals surface area contributed by atoms with E-state index in [0.29, 0.717) is 0 Å². The highest BCUT2D eigenvalue weighted by Gasteiger charge is 2.21. The molecule has 1 unspecified atom stereocenters. The molecule has 1 amide bonds. The molecule has 0 saturated heterocycles. The number of rotatable bonds is 6. The van der Waals surface area contributed by atoms with Crippen LogP contribution < -0.4 is 10.6 Å². The molecule has 4 nitrogen and oxygen atoms in total. The van der Waals surface area contributed by atoms with E-state index >= 15 is 0 Å². The van der Waals surface area contributed by atoms with Crippen LogP contribution in [0.2, 0.25) is 0 Å². The minimum Gasteiger partial charge on any atom is -0.508 e. The average molecular weight is 264 g/mol. The van der Waals surface area contributed by atoms with Crippen LogP contribution >= 0.6 is 0 Å². The molecule has 19 heavy (non-hydrogen) atoms. The highest BCUT2D eigenvalue weighted by Crippen LogP contribution is 2.13. The second kappa shape index (κ2) is 6.57. The largest absolute Gasteiger partial charge is 0.508 e. The summed E-state index contributed by atoms with van der Waals surface area (Å²) in [5.41, 5.74) is 0.912. The fourth-order valence-corrected chi connectivity index (χ4v) is 2.27. The number of aromatic hydroxyl groups is 1. The lowest BCUT2D eigenvalue weighted by Crippen LogP contribution is -2.46. The fraction of sp³-hybridized carbons (Fsp3) is 0.533. The maximum Gasteiger partial charge on any atom is 0.217 e. The minimum absolute atomic E-state index is 0.00395. The lowest BCUT2D eigenvalue weighted by Gasteiger charge is -2.29. The van der Waals surface area contributed by atoms with E-state index in [1.54, 1.807) is 12.1 Å². The summed E-state index contributed by atoms with van der Waals surface area (Å²) in [5, 5.41) is 15.6. The van der Waals surface area contributed by atoms with Gasteiger partial charge in [-0.05, 0) is 44.9 Å². The zero-order valence-corrected chi connectivity index (χ0v) is 12.2. The highest BCUT2D eigenvalue weighted by atomic mass is 16.3. The Balaban J connectivity index is 2.41. The molecule has 1 rings (SSSR count). The topological polar surface area (TPSA) is 61.4 Å². The first kappa shape index (κ1) is 15.5. The Morgan fingerprint density at radius 2 is 1.89 bits per heavy atom. The number of carbonyl (C=O) groups is 1. The zero-order valence-electron chi connectivity index (χ0n) is 12.2. The second-order valence-corrected chi connectivity index (χ2v) is 5.72. The van der Waals surface area contributed by atoms with Gasteiger partial charge in [0.2, 0.25) is 5.91 Å². The van der Waals surface area contributed by atoms with Crippen LogP contribution in [0.1, 0.15) is 39.7 Å². The van der Waals surface area contributed by atoms with Crippen molar-refractivity contribution in [2.24, 2.45) is 0 Å². The SMILES string of the molecule is CC(=O)NC(C)(C)CC(C)NCc1ccc(O)cc1. The maximum atomic E-state index is 11.1. The number of hydrogen-bond donors (Lipinski definition) is 3. The predicted octanol–water partition coefficient (Wildman–Crippen LogP) is 2.18. The maximum absolute atomic E-state index is 11.1. The quantitative estimate of drug-likeness (QED) is 0.738. The van der Waals surface area contributed by atoms with Gasteiger partial charge in [0.15, 0.2) is 0 Å². The van der Waals surface area contributed by atoms with Crippen LogP contribution in [0.4, 0.5) is 0 Å². The van der Waals surface area contributed by atoms with Gasteiger partial charge in [0.25, 0.3) is 0 Å². The van der Waals surface area contributed by atoms with Gasteiger partial charge in [-0.15, -0.1) is 0 Å². The molecule has 4 heteroatoms. The van der Waals surface area contributed by atoms with Gasteiger partial charge in [-0.25, -0.2) is 0 Å². The standard InChI is InChI=1S/C15H24N2O2/c1-11(9-15(3,4)17-12(2)18)16-10-13-5-7-14(19)8-6-13/h5-8,11,16,19H,9-10H2,1-4H3,(H,17,18). The van der Waals surface area contributed by atoms with E-state index in [1.165, 1.54) is 6.92 Å². The second-order valence-electron chi connectivity index (χ2n) is 5.72. The smallest absolute Gasteiger partial charge is 0.217 e. The molecule has 0 fully saturated rings. The van der Waals surface area contributed by atoms with E-state index in [9.17, 15) is 9.90 Å². The Morgan fingerprint density at radius 3 is 2.42 bits per heavy atom. The molecule has 0 aliphatic rings. The molecule has 3 N–H and O–H groups in total. The van der Waals surface area contributed by atoms with E-state index in [0.717, 1.165) is 18.5 Å². The molecule has 0 aliphatic carbocycles. The normalized spacial score (nSPS) is 13.1. The minimum atomic E-state index is -0.215. The summed E-state index contributed by atoms with van der Waals surface area (Å²) in [7, 11) is 0.